The van der Waals surface area contributed by atoms with Crippen molar-refractivity contribution in [2.24, 2.45) is 0 Å². The summed E-state index contributed by atoms with van der Waals surface area (Å²) in [6.45, 7) is 0. The highest BCUT2D eigenvalue weighted by molar-refractivity contribution is 9.11. The Labute approximate surface area is 143 Å². The maximum absolute atomic E-state index is 11.8. The predicted octanol–water partition coefficient (Wildman–Crippen LogP) is 5.03. The van der Waals surface area contributed by atoms with Gasteiger partial charge in [-0.2, -0.15) is 0 Å². The Kier molecular flexibility index (Phi) is 5.13. The Morgan fingerprint density at radius 2 is 1.95 bits per heavy atom. The van der Waals surface area contributed by atoms with E-state index in [1.807, 2.05) is 12.1 Å². The Bertz CT molecular complexity index is 707. The van der Waals surface area contributed by atoms with Crippen LogP contribution < -0.4 is 10.5 Å². The van der Waals surface area contributed by atoms with Crippen LogP contribution >= 0.6 is 43.5 Å². The number of benzene rings is 2. The Hall–Kier alpha value is -1.24. The van der Waals surface area contributed by atoms with Crippen molar-refractivity contribution in [2.75, 3.05) is 12.8 Å². The molecule has 0 radical (unpaired) electrons. The fraction of sp³-hybridized carbons (Fsp3) is 0.0714. The topological polar surface area (TPSA) is 61.5 Å². The van der Waals surface area contributed by atoms with Gasteiger partial charge < -0.3 is 15.2 Å². The largest absolute Gasteiger partial charge is 0.465 e. The lowest BCUT2D eigenvalue weighted by Gasteiger charge is -2.13. The standard InChI is InChI=1S/C14H10Br2ClNO3/c1-20-14(19)9-5-8(18)6-11(17)13(9)21-12-3-2-7(15)4-10(12)16/h2-6H,18H2,1H3. The first-order valence-electron chi connectivity index (χ1n) is 5.72. The molecule has 21 heavy (non-hydrogen) atoms. The van der Waals surface area contributed by atoms with Gasteiger partial charge in [0.1, 0.15) is 11.3 Å². The number of esters is 1. The molecule has 0 atom stereocenters. The number of carbonyl (C=O) groups is 1. The summed E-state index contributed by atoms with van der Waals surface area (Å²) in [5.41, 5.74) is 6.21. The Morgan fingerprint density at radius 3 is 2.57 bits per heavy atom. The van der Waals surface area contributed by atoms with Crippen LogP contribution in [0.1, 0.15) is 10.4 Å². The van der Waals surface area contributed by atoms with Crippen LogP contribution in [0.4, 0.5) is 5.69 Å². The molecule has 0 heterocycles. The molecule has 7 heteroatoms. The van der Waals surface area contributed by atoms with E-state index < -0.39 is 5.97 Å². The van der Waals surface area contributed by atoms with Gasteiger partial charge in [-0.25, -0.2) is 4.79 Å². The smallest absolute Gasteiger partial charge is 0.341 e. The average Bonchev–Trinajstić information content (AvgIpc) is 2.42. The van der Waals surface area contributed by atoms with Crippen molar-refractivity contribution >= 4 is 55.1 Å². The van der Waals surface area contributed by atoms with Gasteiger partial charge in [0, 0.05) is 10.2 Å². The zero-order valence-electron chi connectivity index (χ0n) is 10.8. The minimum absolute atomic E-state index is 0.164. The molecule has 0 aromatic heterocycles. The fourth-order valence-electron chi connectivity index (χ4n) is 1.65. The molecule has 0 aliphatic carbocycles. The normalized spacial score (nSPS) is 10.3. The molecule has 0 saturated carbocycles. The summed E-state index contributed by atoms with van der Waals surface area (Å²) in [5.74, 6) is 0.128. The van der Waals surface area contributed by atoms with Gasteiger partial charge in [0.2, 0.25) is 0 Å². The van der Waals surface area contributed by atoms with Gasteiger partial charge in [0.15, 0.2) is 5.75 Å². The SMILES string of the molecule is COC(=O)c1cc(N)cc(Cl)c1Oc1ccc(Br)cc1Br. The van der Waals surface area contributed by atoms with Crippen LogP contribution in [0.3, 0.4) is 0 Å². The number of halogens is 3. The number of nitrogen functional groups attached to an aromatic ring is 1. The second-order valence-corrected chi connectivity index (χ2v) is 6.23. The van der Waals surface area contributed by atoms with E-state index in [0.29, 0.717) is 15.9 Å². The Balaban J connectivity index is 2.50. The molecule has 0 aliphatic heterocycles. The first-order valence-corrected chi connectivity index (χ1v) is 7.69. The number of ether oxygens (including phenoxy) is 2. The third-order valence-corrected chi connectivity index (χ3v) is 3.97. The molecule has 2 rings (SSSR count). The van der Waals surface area contributed by atoms with Gasteiger partial charge >= 0.3 is 5.97 Å². The summed E-state index contributed by atoms with van der Waals surface area (Å²) in [6.07, 6.45) is 0. The molecule has 0 bridgehead atoms. The molecular formula is C14H10Br2ClNO3. The van der Waals surface area contributed by atoms with Crippen LogP contribution in [0.25, 0.3) is 0 Å². The van der Waals surface area contributed by atoms with Crippen LogP contribution in [0.5, 0.6) is 11.5 Å². The van der Waals surface area contributed by atoms with Crippen molar-refractivity contribution in [1.29, 1.82) is 0 Å². The summed E-state index contributed by atoms with van der Waals surface area (Å²) < 4.78 is 12.1. The zero-order chi connectivity index (χ0) is 15.6. The lowest BCUT2D eigenvalue weighted by atomic mass is 10.1. The van der Waals surface area contributed by atoms with Crippen LogP contribution in [0, 0.1) is 0 Å². The maximum atomic E-state index is 11.8. The van der Waals surface area contributed by atoms with Crippen LogP contribution in [0.2, 0.25) is 5.02 Å². The number of rotatable bonds is 3. The molecule has 2 aromatic carbocycles. The van der Waals surface area contributed by atoms with E-state index in [0.717, 1.165) is 4.47 Å². The number of hydrogen-bond donors (Lipinski definition) is 1. The van der Waals surface area contributed by atoms with Gasteiger partial charge in [-0.1, -0.05) is 27.5 Å². The minimum Gasteiger partial charge on any atom is -0.465 e. The molecule has 110 valence electrons. The van der Waals surface area contributed by atoms with Gasteiger partial charge in [-0.3, -0.25) is 0 Å². The number of methoxy groups -OCH3 is 1. The van der Waals surface area contributed by atoms with E-state index in [4.69, 9.17) is 26.8 Å². The van der Waals surface area contributed by atoms with Crippen molar-refractivity contribution in [3.63, 3.8) is 0 Å². The molecule has 0 amide bonds. The first kappa shape index (κ1) is 16.1. The van der Waals surface area contributed by atoms with E-state index in [9.17, 15) is 4.79 Å². The van der Waals surface area contributed by atoms with Crippen LogP contribution in [-0.4, -0.2) is 13.1 Å². The van der Waals surface area contributed by atoms with Crippen LogP contribution in [0.15, 0.2) is 39.3 Å². The molecule has 4 nitrogen and oxygen atoms in total. The van der Waals surface area contributed by atoms with E-state index in [1.165, 1.54) is 19.2 Å². The number of hydrogen-bond acceptors (Lipinski definition) is 4. The molecule has 0 spiro atoms. The third-order valence-electron chi connectivity index (χ3n) is 2.58. The highest BCUT2D eigenvalue weighted by atomic mass is 79.9. The highest BCUT2D eigenvalue weighted by Crippen LogP contribution is 2.38. The molecule has 2 N–H and O–H groups in total. The number of nitrogens with two attached hydrogens (primary N) is 1. The van der Waals surface area contributed by atoms with Gasteiger partial charge in [-0.05, 0) is 46.3 Å². The molecule has 0 aliphatic rings. The monoisotopic (exact) mass is 433 g/mol. The van der Waals surface area contributed by atoms with E-state index in [-0.39, 0.29) is 16.3 Å². The average molecular weight is 435 g/mol. The summed E-state index contributed by atoms with van der Waals surface area (Å²) in [4.78, 5) is 11.8. The lowest BCUT2D eigenvalue weighted by Crippen LogP contribution is -2.05. The summed E-state index contributed by atoms with van der Waals surface area (Å²) in [6, 6.07) is 8.33. The van der Waals surface area contributed by atoms with Crippen LogP contribution in [-0.2, 0) is 4.74 Å². The van der Waals surface area contributed by atoms with Crippen molar-refractivity contribution < 1.29 is 14.3 Å². The summed E-state index contributed by atoms with van der Waals surface area (Å²) in [7, 11) is 1.28. The van der Waals surface area contributed by atoms with E-state index >= 15 is 0 Å². The molecule has 0 unspecified atom stereocenters. The third kappa shape index (κ3) is 3.70. The number of carbonyl (C=O) groups excluding carboxylic acids is 1. The van der Waals surface area contributed by atoms with Gasteiger partial charge in [0.25, 0.3) is 0 Å². The predicted molar refractivity (Wildman–Crippen MR) is 89.1 cm³/mol. The second-order valence-electron chi connectivity index (χ2n) is 4.05. The van der Waals surface area contributed by atoms with Gasteiger partial charge in [0.05, 0.1) is 16.6 Å². The van der Waals surface area contributed by atoms with Crippen molar-refractivity contribution in [3.8, 4) is 11.5 Å². The van der Waals surface area contributed by atoms with E-state index in [1.54, 1.807) is 6.07 Å². The molecule has 2 aromatic rings. The summed E-state index contributed by atoms with van der Waals surface area (Å²) in [5, 5.41) is 0.227. The van der Waals surface area contributed by atoms with Crippen molar-refractivity contribution in [3.05, 3.63) is 49.9 Å². The Morgan fingerprint density at radius 1 is 1.24 bits per heavy atom. The molecule has 0 saturated heterocycles. The molecular weight excluding hydrogens is 425 g/mol. The minimum atomic E-state index is -0.576. The zero-order valence-corrected chi connectivity index (χ0v) is 14.8. The first-order chi connectivity index (χ1) is 9.92. The van der Waals surface area contributed by atoms with Gasteiger partial charge in [-0.15, -0.1) is 0 Å². The van der Waals surface area contributed by atoms with E-state index in [2.05, 4.69) is 31.9 Å². The van der Waals surface area contributed by atoms with Crippen molar-refractivity contribution in [2.45, 2.75) is 0 Å². The second kappa shape index (κ2) is 6.68. The highest BCUT2D eigenvalue weighted by Gasteiger charge is 2.19. The van der Waals surface area contributed by atoms with Crippen molar-refractivity contribution in [1.82, 2.24) is 0 Å². The lowest BCUT2D eigenvalue weighted by molar-refractivity contribution is 0.0598. The fourth-order valence-corrected chi connectivity index (χ4v) is 3.04. The molecule has 0 fully saturated rings. The maximum Gasteiger partial charge on any atom is 0.341 e. The number of anilines is 1. The summed E-state index contributed by atoms with van der Waals surface area (Å²) >= 11 is 12.9. The quantitative estimate of drug-likeness (QED) is 0.543.